The molecule has 2 heteroatoms. The van der Waals surface area contributed by atoms with Crippen molar-refractivity contribution >= 4 is 5.78 Å². The minimum Gasteiger partial charge on any atom is -0.458 e. The van der Waals surface area contributed by atoms with E-state index in [-0.39, 0.29) is 5.78 Å². The molecule has 0 N–H and O–H groups in total. The summed E-state index contributed by atoms with van der Waals surface area (Å²) in [4.78, 5) is 12.4. The molecule has 1 aromatic carbocycles. The van der Waals surface area contributed by atoms with E-state index in [1.54, 1.807) is 6.07 Å². The van der Waals surface area contributed by atoms with Crippen molar-refractivity contribution < 1.29 is 9.21 Å². The van der Waals surface area contributed by atoms with Crippen LogP contribution in [0.5, 0.6) is 0 Å². The summed E-state index contributed by atoms with van der Waals surface area (Å²) in [6.07, 6.45) is 0. The number of benzene rings is 1. The Balaban J connectivity index is 2.36. The highest BCUT2D eigenvalue weighted by Crippen LogP contribution is 2.28. The maximum absolute atomic E-state index is 12.4. The van der Waals surface area contributed by atoms with Crippen LogP contribution in [0.15, 0.2) is 46.9 Å². The highest BCUT2D eigenvalue weighted by Gasteiger charge is 2.32. The number of rotatable bonds is 3. The lowest BCUT2D eigenvalue weighted by atomic mass is 9.80. The van der Waals surface area contributed by atoms with E-state index in [2.05, 4.69) is 0 Å². The van der Waals surface area contributed by atoms with Crippen molar-refractivity contribution in [2.24, 2.45) is 0 Å². The molecule has 0 fully saturated rings. The molecule has 2 rings (SSSR count). The van der Waals surface area contributed by atoms with E-state index in [1.807, 2.05) is 57.2 Å². The topological polar surface area (TPSA) is 30.2 Å². The van der Waals surface area contributed by atoms with E-state index >= 15 is 0 Å². The van der Waals surface area contributed by atoms with Crippen molar-refractivity contribution in [1.29, 1.82) is 0 Å². The van der Waals surface area contributed by atoms with Gasteiger partial charge in [-0.1, -0.05) is 30.3 Å². The van der Waals surface area contributed by atoms with Gasteiger partial charge in [-0.25, -0.2) is 0 Å². The molecular formula is C15H16O2. The molecule has 2 nitrogen and oxygen atoms in total. The van der Waals surface area contributed by atoms with Crippen molar-refractivity contribution in [3.63, 3.8) is 0 Å². The van der Waals surface area contributed by atoms with Gasteiger partial charge in [0.15, 0.2) is 5.76 Å². The fourth-order valence-electron chi connectivity index (χ4n) is 1.85. The molecule has 0 atom stereocenters. The third-order valence-corrected chi connectivity index (χ3v) is 3.03. The summed E-state index contributed by atoms with van der Waals surface area (Å²) in [5.74, 6) is 1.20. The van der Waals surface area contributed by atoms with Crippen LogP contribution < -0.4 is 0 Å². The number of carbonyl (C=O) groups excluding carboxylic acids is 1. The molecule has 1 heterocycles. The molecule has 0 aliphatic carbocycles. The number of hydrogen-bond acceptors (Lipinski definition) is 2. The van der Waals surface area contributed by atoms with E-state index in [4.69, 9.17) is 4.42 Å². The normalized spacial score (nSPS) is 11.5. The summed E-state index contributed by atoms with van der Waals surface area (Å²) in [7, 11) is 0. The number of furan rings is 1. The van der Waals surface area contributed by atoms with E-state index in [1.165, 1.54) is 0 Å². The van der Waals surface area contributed by atoms with Crippen LogP contribution in [0.25, 0.3) is 0 Å². The Morgan fingerprint density at radius 3 is 2.24 bits per heavy atom. The highest BCUT2D eigenvalue weighted by atomic mass is 16.3. The molecule has 0 saturated heterocycles. The molecule has 1 aromatic heterocycles. The van der Waals surface area contributed by atoms with Crippen LogP contribution >= 0.6 is 0 Å². The van der Waals surface area contributed by atoms with Crippen LogP contribution in [0, 0.1) is 6.92 Å². The first-order chi connectivity index (χ1) is 8.01. The maximum Gasteiger partial charge on any atom is 0.207 e. The summed E-state index contributed by atoms with van der Waals surface area (Å²) in [6, 6.07) is 13.3. The highest BCUT2D eigenvalue weighted by molar-refractivity contribution is 6.01. The molecule has 2 aromatic rings. The zero-order valence-electron chi connectivity index (χ0n) is 10.4. The van der Waals surface area contributed by atoms with Gasteiger partial charge in [0.1, 0.15) is 5.76 Å². The first-order valence-electron chi connectivity index (χ1n) is 5.68. The Bertz CT molecular complexity index is 521. The minimum atomic E-state index is -0.564. The zero-order valence-corrected chi connectivity index (χ0v) is 10.4. The smallest absolute Gasteiger partial charge is 0.207 e. The van der Waals surface area contributed by atoms with Crippen LogP contribution in [0.2, 0.25) is 0 Å². The van der Waals surface area contributed by atoms with Gasteiger partial charge in [-0.2, -0.15) is 0 Å². The average molecular weight is 228 g/mol. The second-order valence-electron chi connectivity index (χ2n) is 4.73. The van der Waals surface area contributed by atoms with Crippen molar-refractivity contribution in [2.75, 3.05) is 0 Å². The van der Waals surface area contributed by atoms with Crippen LogP contribution in [-0.4, -0.2) is 5.78 Å². The SMILES string of the molecule is Cc1ccc(C(=O)C(C)(C)c2ccccc2)o1. The third kappa shape index (κ3) is 2.16. The lowest BCUT2D eigenvalue weighted by Crippen LogP contribution is -2.28. The summed E-state index contributed by atoms with van der Waals surface area (Å²) < 4.78 is 5.40. The van der Waals surface area contributed by atoms with E-state index in [9.17, 15) is 4.79 Å². The number of Topliss-reactive ketones (excluding diaryl/α,β-unsaturated/α-hetero) is 1. The summed E-state index contributed by atoms with van der Waals surface area (Å²) in [5, 5.41) is 0. The molecular weight excluding hydrogens is 212 g/mol. The molecule has 17 heavy (non-hydrogen) atoms. The quantitative estimate of drug-likeness (QED) is 0.749. The maximum atomic E-state index is 12.4. The fraction of sp³-hybridized carbons (Fsp3) is 0.267. The van der Waals surface area contributed by atoms with Gasteiger partial charge in [0.2, 0.25) is 5.78 Å². The van der Waals surface area contributed by atoms with Gasteiger partial charge in [-0.15, -0.1) is 0 Å². The Morgan fingerprint density at radius 1 is 1.06 bits per heavy atom. The van der Waals surface area contributed by atoms with Crippen molar-refractivity contribution in [1.82, 2.24) is 0 Å². The first-order valence-corrected chi connectivity index (χ1v) is 5.68. The second kappa shape index (κ2) is 4.21. The van der Waals surface area contributed by atoms with Gasteiger partial charge in [-0.05, 0) is 38.5 Å². The standard InChI is InChI=1S/C15H16O2/c1-11-9-10-13(17-11)14(16)15(2,3)12-7-5-4-6-8-12/h4-10H,1-3H3. The van der Waals surface area contributed by atoms with Crippen LogP contribution in [0.4, 0.5) is 0 Å². The molecule has 0 unspecified atom stereocenters. The molecule has 0 amide bonds. The van der Waals surface area contributed by atoms with Gasteiger partial charge < -0.3 is 4.42 Å². The summed E-state index contributed by atoms with van der Waals surface area (Å²) in [6.45, 7) is 5.68. The lowest BCUT2D eigenvalue weighted by molar-refractivity contribution is 0.0878. The fourth-order valence-corrected chi connectivity index (χ4v) is 1.85. The predicted molar refractivity (Wildman–Crippen MR) is 67.2 cm³/mol. The third-order valence-electron chi connectivity index (χ3n) is 3.03. The Hall–Kier alpha value is -1.83. The van der Waals surface area contributed by atoms with Gasteiger partial charge in [0.25, 0.3) is 0 Å². The molecule has 88 valence electrons. The lowest BCUT2D eigenvalue weighted by Gasteiger charge is -2.22. The van der Waals surface area contributed by atoms with E-state index < -0.39 is 5.41 Å². The summed E-state index contributed by atoms with van der Waals surface area (Å²) >= 11 is 0. The number of aryl methyl sites for hydroxylation is 1. The van der Waals surface area contributed by atoms with Crippen LogP contribution in [-0.2, 0) is 5.41 Å². The number of carbonyl (C=O) groups is 1. The molecule has 0 spiro atoms. The van der Waals surface area contributed by atoms with E-state index in [0.717, 1.165) is 11.3 Å². The molecule has 0 radical (unpaired) electrons. The number of hydrogen-bond donors (Lipinski definition) is 0. The summed E-state index contributed by atoms with van der Waals surface area (Å²) in [5.41, 5.74) is 0.435. The van der Waals surface area contributed by atoms with Crippen molar-refractivity contribution in [3.8, 4) is 0 Å². The monoisotopic (exact) mass is 228 g/mol. The molecule has 0 aliphatic rings. The number of ketones is 1. The second-order valence-corrected chi connectivity index (χ2v) is 4.73. The largest absolute Gasteiger partial charge is 0.458 e. The van der Waals surface area contributed by atoms with Gasteiger partial charge >= 0.3 is 0 Å². The Labute approximate surface area is 101 Å². The Kier molecular flexibility index (Phi) is 2.88. The average Bonchev–Trinajstić information content (AvgIpc) is 2.76. The van der Waals surface area contributed by atoms with Crippen molar-refractivity contribution in [3.05, 3.63) is 59.5 Å². The van der Waals surface area contributed by atoms with Gasteiger partial charge in [0, 0.05) is 0 Å². The van der Waals surface area contributed by atoms with Crippen molar-refractivity contribution in [2.45, 2.75) is 26.2 Å². The molecule has 0 saturated carbocycles. The zero-order chi connectivity index (χ0) is 12.5. The van der Waals surface area contributed by atoms with Gasteiger partial charge in [0.05, 0.1) is 5.41 Å². The first kappa shape index (κ1) is 11.6. The predicted octanol–water partition coefficient (Wildman–Crippen LogP) is 3.75. The van der Waals surface area contributed by atoms with Crippen LogP contribution in [0.3, 0.4) is 0 Å². The van der Waals surface area contributed by atoms with Gasteiger partial charge in [-0.3, -0.25) is 4.79 Å². The Morgan fingerprint density at radius 2 is 1.71 bits per heavy atom. The minimum absolute atomic E-state index is 0.0109. The van der Waals surface area contributed by atoms with Crippen LogP contribution in [0.1, 0.15) is 35.7 Å². The molecule has 0 aliphatic heterocycles. The molecule has 0 bridgehead atoms. The van der Waals surface area contributed by atoms with E-state index in [0.29, 0.717) is 5.76 Å².